The second kappa shape index (κ2) is 7.42. The molecule has 2 fully saturated rings. The number of piperidine rings is 1. The zero-order valence-electron chi connectivity index (χ0n) is 10.9. The lowest BCUT2D eigenvalue weighted by Gasteiger charge is -2.23. The summed E-state index contributed by atoms with van der Waals surface area (Å²) < 4.78 is 24.5. The minimum atomic E-state index is -3.04. The maximum Gasteiger partial charge on any atom is 0.237 e. The number of sulfonamides is 1. The standard InChI is InChI=1S/C11H21N3O3S.ClH/c15-11(10-4-1-2-5-12-10)13-6-8-14-7-3-9-18(14,16)17;/h10,12H,1-9H2,(H,13,15);1H. The van der Waals surface area contributed by atoms with Crippen molar-refractivity contribution in [3.63, 3.8) is 0 Å². The summed E-state index contributed by atoms with van der Waals surface area (Å²) in [5.41, 5.74) is 0. The van der Waals surface area contributed by atoms with E-state index in [1.165, 1.54) is 4.31 Å². The van der Waals surface area contributed by atoms with Crippen LogP contribution in [0, 0.1) is 0 Å². The minimum Gasteiger partial charge on any atom is -0.353 e. The van der Waals surface area contributed by atoms with Crippen LogP contribution in [0.15, 0.2) is 0 Å². The van der Waals surface area contributed by atoms with E-state index in [1.807, 2.05) is 0 Å². The molecule has 6 nitrogen and oxygen atoms in total. The van der Waals surface area contributed by atoms with E-state index in [2.05, 4.69) is 10.6 Å². The lowest BCUT2D eigenvalue weighted by Crippen LogP contribution is -2.48. The molecule has 2 saturated heterocycles. The van der Waals surface area contributed by atoms with Gasteiger partial charge in [0, 0.05) is 19.6 Å². The first kappa shape index (κ1) is 16.7. The van der Waals surface area contributed by atoms with Crippen LogP contribution in [0.25, 0.3) is 0 Å². The number of hydrogen-bond donors (Lipinski definition) is 2. The van der Waals surface area contributed by atoms with Gasteiger partial charge in [-0.15, -0.1) is 12.4 Å². The van der Waals surface area contributed by atoms with Crippen LogP contribution in [0.4, 0.5) is 0 Å². The predicted molar refractivity (Wildman–Crippen MR) is 75.9 cm³/mol. The fraction of sp³-hybridized carbons (Fsp3) is 0.909. The molecule has 0 saturated carbocycles. The number of carbonyl (C=O) groups excluding carboxylic acids is 1. The van der Waals surface area contributed by atoms with Crippen LogP contribution in [-0.2, 0) is 14.8 Å². The first-order valence-electron chi connectivity index (χ1n) is 6.58. The summed E-state index contributed by atoms with van der Waals surface area (Å²) in [6.07, 6.45) is 3.76. The van der Waals surface area contributed by atoms with Crippen LogP contribution in [0.2, 0.25) is 0 Å². The molecule has 0 aromatic heterocycles. The molecule has 2 aliphatic heterocycles. The van der Waals surface area contributed by atoms with Gasteiger partial charge in [-0.05, 0) is 25.8 Å². The van der Waals surface area contributed by atoms with Crippen molar-refractivity contribution in [3.05, 3.63) is 0 Å². The molecular weight excluding hydrogens is 290 g/mol. The molecule has 8 heteroatoms. The van der Waals surface area contributed by atoms with E-state index in [4.69, 9.17) is 0 Å². The Balaban J connectivity index is 0.00000180. The highest BCUT2D eigenvalue weighted by Crippen LogP contribution is 2.12. The Bertz CT molecular complexity index is 396. The third-order valence-corrected chi connectivity index (χ3v) is 5.45. The average molecular weight is 312 g/mol. The van der Waals surface area contributed by atoms with Crippen LogP contribution in [-0.4, -0.2) is 56.6 Å². The van der Waals surface area contributed by atoms with E-state index in [0.717, 1.165) is 25.8 Å². The third-order valence-electron chi connectivity index (χ3n) is 3.49. The van der Waals surface area contributed by atoms with Gasteiger partial charge in [-0.25, -0.2) is 12.7 Å². The Kier molecular flexibility index (Phi) is 6.52. The quantitative estimate of drug-likeness (QED) is 0.747. The van der Waals surface area contributed by atoms with Gasteiger partial charge in [-0.3, -0.25) is 4.79 Å². The summed E-state index contributed by atoms with van der Waals surface area (Å²) in [5.74, 6) is 0.233. The molecule has 0 bridgehead atoms. The molecule has 1 unspecified atom stereocenters. The molecule has 2 rings (SSSR count). The molecule has 19 heavy (non-hydrogen) atoms. The van der Waals surface area contributed by atoms with Gasteiger partial charge >= 0.3 is 0 Å². The van der Waals surface area contributed by atoms with Gasteiger partial charge in [0.1, 0.15) is 0 Å². The number of nitrogens with one attached hydrogen (secondary N) is 2. The lowest BCUT2D eigenvalue weighted by atomic mass is 10.0. The van der Waals surface area contributed by atoms with Gasteiger partial charge < -0.3 is 10.6 Å². The van der Waals surface area contributed by atoms with E-state index >= 15 is 0 Å². The van der Waals surface area contributed by atoms with Crippen LogP contribution >= 0.6 is 12.4 Å². The Morgan fingerprint density at radius 2 is 2.11 bits per heavy atom. The van der Waals surface area contributed by atoms with Crippen molar-refractivity contribution in [2.75, 3.05) is 31.9 Å². The highest BCUT2D eigenvalue weighted by atomic mass is 35.5. The van der Waals surface area contributed by atoms with Crippen molar-refractivity contribution in [1.29, 1.82) is 0 Å². The molecule has 0 spiro atoms. The summed E-state index contributed by atoms with van der Waals surface area (Å²) in [7, 11) is -3.04. The van der Waals surface area contributed by atoms with Crippen LogP contribution < -0.4 is 10.6 Å². The molecule has 2 heterocycles. The fourth-order valence-corrected chi connectivity index (χ4v) is 3.97. The van der Waals surface area contributed by atoms with Crippen LogP contribution in [0.1, 0.15) is 25.7 Å². The maximum atomic E-state index is 11.8. The van der Waals surface area contributed by atoms with Crippen molar-refractivity contribution < 1.29 is 13.2 Å². The van der Waals surface area contributed by atoms with Crippen LogP contribution in [0.3, 0.4) is 0 Å². The fourth-order valence-electron chi connectivity index (χ4n) is 2.44. The van der Waals surface area contributed by atoms with Crippen molar-refractivity contribution in [1.82, 2.24) is 14.9 Å². The summed E-state index contributed by atoms with van der Waals surface area (Å²) in [4.78, 5) is 11.8. The zero-order valence-corrected chi connectivity index (χ0v) is 12.6. The molecule has 2 N–H and O–H groups in total. The van der Waals surface area contributed by atoms with Crippen molar-refractivity contribution in [2.24, 2.45) is 0 Å². The van der Waals surface area contributed by atoms with Gasteiger partial charge in [-0.1, -0.05) is 6.42 Å². The number of amides is 1. The summed E-state index contributed by atoms with van der Waals surface area (Å²) >= 11 is 0. The molecule has 0 aromatic carbocycles. The summed E-state index contributed by atoms with van der Waals surface area (Å²) in [5, 5.41) is 5.98. The highest BCUT2D eigenvalue weighted by Gasteiger charge is 2.28. The largest absolute Gasteiger partial charge is 0.353 e. The number of halogens is 1. The van der Waals surface area contributed by atoms with Crippen molar-refractivity contribution >= 4 is 28.3 Å². The molecule has 0 radical (unpaired) electrons. The van der Waals surface area contributed by atoms with E-state index in [-0.39, 0.29) is 30.1 Å². The van der Waals surface area contributed by atoms with Crippen molar-refractivity contribution in [2.45, 2.75) is 31.7 Å². The Labute approximate surface area is 120 Å². The summed E-state index contributed by atoms with van der Waals surface area (Å²) in [6, 6.07) is -0.103. The van der Waals surface area contributed by atoms with Gasteiger partial charge in [-0.2, -0.15) is 0 Å². The average Bonchev–Trinajstić information content (AvgIpc) is 2.70. The Morgan fingerprint density at radius 3 is 2.68 bits per heavy atom. The SMILES string of the molecule is Cl.O=C(NCCN1CCCS1(=O)=O)C1CCCCN1. The van der Waals surface area contributed by atoms with E-state index in [1.54, 1.807) is 0 Å². The number of carbonyl (C=O) groups is 1. The molecule has 0 aromatic rings. The highest BCUT2D eigenvalue weighted by molar-refractivity contribution is 7.89. The number of nitrogens with zero attached hydrogens (tertiary/aromatic N) is 1. The smallest absolute Gasteiger partial charge is 0.237 e. The molecular formula is C11H22ClN3O3S. The first-order chi connectivity index (χ1) is 8.59. The van der Waals surface area contributed by atoms with Gasteiger partial charge in [0.15, 0.2) is 0 Å². The molecule has 2 aliphatic rings. The monoisotopic (exact) mass is 311 g/mol. The first-order valence-corrected chi connectivity index (χ1v) is 8.19. The zero-order chi connectivity index (χ0) is 13.0. The second-order valence-electron chi connectivity index (χ2n) is 4.86. The maximum absolute atomic E-state index is 11.8. The van der Waals surface area contributed by atoms with E-state index < -0.39 is 10.0 Å². The van der Waals surface area contributed by atoms with Crippen molar-refractivity contribution in [3.8, 4) is 0 Å². The van der Waals surface area contributed by atoms with E-state index in [0.29, 0.717) is 26.1 Å². The third kappa shape index (κ3) is 4.59. The molecule has 1 atom stereocenters. The minimum absolute atomic E-state index is 0. The molecule has 1 amide bonds. The number of rotatable bonds is 4. The molecule has 112 valence electrons. The normalized spacial score (nSPS) is 26.6. The lowest BCUT2D eigenvalue weighted by molar-refractivity contribution is -0.123. The van der Waals surface area contributed by atoms with Gasteiger partial charge in [0.25, 0.3) is 0 Å². The molecule has 0 aliphatic carbocycles. The Morgan fingerprint density at radius 1 is 1.32 bits per heavy atom. The van der Waals surface area contributed by atoms with Crippen LogP contribution in [0.5, 0.6) is 0 Å². The van der Waals surface area contributed by atoms with E-state index in [9.17, 15) is 13.2 Å². The summed E-state index contributed by atoms with van der Waals surface area (Å²) in [6.45, 7) is 2.26. The number of hydrogen-bond acceptors (Lipinski definition) is 4. The second-order valence-corrected chi connectivity index (χ2v) is 6.95. The van der Waals surface area contributed by atoms with Gasteiger partial charge in [0.05, 0.1) is 11.8 Å². The predicted octanol–water partition coefficient (Wildman–Crippen LogP) is -0.298. The topological polar surface area (TPSA) is 78.5 Å². The van der Waals surface area contributed by atoms with Gasteiger partial charge in [0.2, 0.25) is 15.9 Å². The Hall–Kier alpha value is -0.370.